The van der Waals surface area contributed by atoms with E-state index < -0.39 is 26.5 Å². The van der Waals surface area contributed by atoms with E-state index in [0.29, 0.717) is 17.4 Å². The maximum Gasteiger partial charge on any atom is 0.472 e. The lowest BCUT2D eigenvalue weighted by Gasteiger charge is -2.24. The summed E-state index contributed by atoms with van der Waals surface area (Å²) in [4.78, 5) is 35.4. The normalized spacial score (nSPS) is 14.3. The molecule has 0 aromatic heterocycles. The van der Waals surface area contributed by atoms with E-state index in [1.807, 2.05) is 21.1 Å². The molecule has 9 nitrogen and oxygen atoms in total. The number of unbranched alkanes of at least 4 members (excludes halogenated alkanes) is 13. The van der Waals surface area contributed by atoms with Gasteiger partial charge in [-0.2, -0.15) is 0 Å². The lowest BCUT2D eigenvalue weighted by molar-refractivity contribution is -0.870. The number of esters is 2. The van der Waals surface area contributed by atoms with Crippen molar-refractivity contribution >= 4 is 19.8 Å². The molecule has 2 atom stereocenters. The van der Waals surface area contributed by atoms with Gasteiger partial charge in [0.25, 0.3) is 0 Å². The topological polar surface area (TPSA) is 108 Å². The van der Waals surface area contributed by atoms with Crippen molar-refractivity contribution in [2.45, 2.75) is 187 Å². The second kappa shape index (κ2) is 46.8. The summed E-state index contributed by atoms with van der Waals surface area (Å²) in [5, 5.41) is 0. The maximum absolute atomic E-state index is 12.7. The zero-order chi connectivity index (χ0) is 48.5. The molecule has 0 aliphatic heterocycles. The average molecular weight is 941 g/mol. The Morgan fingerprint density at radius 2 is 0.864 bits per heavy atom. The molecule has 0 rings (SSSR count). The molecule has 0 saturated heterocycles. The molecule has 0 amide bonds. The van der Waals surface area contributed by atoms with Gasteiger partial charge in [-0.3, -0.25) is 18.6 Å². The zero-order valence-corrected chi connectivity index (χ0v) is 43.3. The number of rotatable bonds is 45. The fourth-order valence-electron chi connectivity index (χ4n) is 6.36. The van der Waals surface area contributed by atoms with Gasteiger partial charge in [-0.05, 0) is 83.5 Å². The molecule has 66 heavy (non-hydrogen) atoms. The number of allylic oxidation sites excluding steroid dienone is 18. The van der Waals surface area contributed by atoms with Crippen molar-refractivity contribution in [3.8, 4) is 0 Å². The number of phosphoric acid groups is 1. The lowest BCUT2D eigenvalue weighted by Crippen LogP contribution is -2.37. The Kier molecular flexibility index (Phi) is 44.4. The number of carbonyl (C=O) groups excluding carboxylic acids is 2. The Labute approximate surface area is 404 Å². The fourth-order valence-corrected chi connectivity index (χ4v) is 7.10. The first kappa shape index (κ1) is 62.7. The van der Waals surface area contributed by atoms with Gasteiger partial charge in [0.2, 0.25) is 0 Å². The van der Waals surface area contributed by atoms with Crippen molar-refractivity contribution < 1.29 is 42.1 Å². The van der Waals surface area contributed by atoms with E-state index in [1.54, 1.807) is 0 Å². The molecule has 0 aliphatic rings. The van der Waals surface area contributed by atoms with Gasteiger partial charge in [0, 0.05) is 12.8 Å². The number of carbonyl (C=O) groups is 2. The first-order chi connectivity index (χ1) is 32.0. The van der Waals surface area contributed by atoms with Crippen LogP contribution >= 0.6 is 7.82 Å². The molecule has 2 unspecified atom stereocenters. The Hall–Kier alpha value is -3.33. The van der Waals surface area contributed by atoms with Crippen LogP contribution in [0.1, 0.15) is 181 Å². The van der Waals surface area contributed by atoms with Gasteiger partial charge in [0.1, 0.15) is 19.8 Å². The van der Waals surface area contributed by atoms with Crippen LogP contribution < -0.4 is 0 Å². The molecule has 0 radical (unpaired) electrons. The van der Waals surface area contributed by atoms with Crippen LogP contribution in [0.3, 0.4) is 0 Å². The SMILES string of the molecule is CC/C=C\C/C=C\C/C=C\C/C=C\C/C=C\C/C=C\C/C=C\C/C=C\C/C=C\CCCCCCCC(=O)OC(COC(=O)CCCCCCCCCCC)COP(=O)(O)OCC[N+](C)(C)C. The maximum atomic E-state index is 12.7. The van der Waals surface area contributed by atoms with Gasteiger partial charge in [-0.15, -0.1) is 0 Å². The highest BCUT2D eigenvalue weighted by Gasteiger charge is 2.27. The fraction of sp³-hybridized carbons (Fsp3) is 0.643. The number of ether oxygens (including phenoxy) is 2. The Bertz CT molecular complexity index is 1480. The zero-order valence-electron chi connectivity index (χ0n) is 42.4. The monoisotopic (exact) mass is 941 g/mol. The Morgan fingerprint density at radius 3 is 1.29 bits per heavy atom. The minimum atomic E-state index is -4.39. The van der Waals surface area contributed by atoms with Gasteiger partial charge in [-0.25, -0.2) is 4.57 Å². The van der Waals surface area contributed by atoms with Crippen molar-refractivity contribution in [1.82, 2.24) is 0 Å². The van der Waals surface area contributed by atoms with Crippen molar-refractivity contribution in [3.05, 3.63) is 109 Å². The van der Waals surface area contributed by atoms with Crippen LogP contribution in [0.5, 0.6) is 0 Å². The quantitative estimate of drug-likeness (QED) is 0.0211. The first-order valence-electron chi connectivity index (χ1n) is 25.6. The van der Waals surface area contributed by atoms with Crippen molar-refractivity contribution in [2.75, 3.05) is 47.5 Å². The largest absolute Gasteiger partial charge is 0.472 e. The molecule has 10 heteroatoms. The van der Waals surface area contributed by atoms with Gasteiger partial charge in [0.15, 0.2) is 6.10 Å². The molecule has 0 spiro atoms. The molecular weight excluding hydrogens is 846 g/mol. The average Bonchev–Trinajstić information content (AvgIpc) is 3.27. The van der Waals surface area contributed by atoms with Crippen molar-refractivity contribution in [2.24, 2.45) is 0 Å². The van der Waals surface area contributed by atoms with E-state index in [9.17, 15) is 19.0 Å². The summed E-state index contributed by atoms with van der Waals surface area (Å²) in [6.07, 6.45) is 64.5. The number of hydrogen-bond donors (Lipinski definition) is 1. The van der Waals surface area contributed by atoms with E-state index in [4.69, 9.17) is 18.5 Å². The number of hydrogen-bond acceptors (Lipinski definition) is 7. The van der Waals surface area contributed by atoms with Crippen molar-refractivity contribution in [1.29, 1.82) is 0 Å². The predicted octanol–water partition coefficient (Wildman–Crippen LogP) is 15.5. The second-order valence-corrected chi connectivity index (χ2v) is 19.3. The van der Waals surface area contributed by atoms with E-state index in [2.05, 4.69) is 123 Å². The third kappa shape index (κ3) is 50.1. The van der Waals surface area contributed by atoms with E-state index in [1.165, 1.54) is 38.5 Å². The smallest absolute Gasteiger partial charge is 0.462 e. The third-order valence-corrected chi connectivity index (χ3v) is 11.3. The van der Waals surface area contributed by atoms with Gasteiger partial charge < -0.3 is 18.9 Å². The van der Waals surface area contributed by atoms with E-state index in [0.717, 1.165) is 109 Å². The van der Waals surface area contributed by atoms with E-state index in [-0.39, 0.29) is 32.0 Å². The molecular formula is C56H95NO8P+. The summed E-state index contributed by atoms with van der Waals surface area (Å²) >= 11 is 0. The molecule has 0 aromatic rings. The Morgan fingerprint density at radius 1 is 0.485 bits per heavy atom. The second-order valence-electron chi connectivity index (χ2n) is 17.8. The van der Waals surface area contributed by atoms with Gasteiger partial charge in [-0.1, -0.05) is 194 Å². The van der Waals surface area contributed by atoms with Crippen LogP contribution in [0.2, 0.25) is 0 Å². The highest BCUT2D eigenvalue weighted by molar-refractivity contribution is 7.47. The molecule has 0 fully saturated rings. The van der Waals surface area contributed by atoms with E-state index >= 15 is 0 Å². The summed E-state index contributed by atoms with van der Waals surface area (Å²) in [5.74, 6) is -0.832. The highest BCUT2D eigenvalue weighted by atomic mass is 31.2. The summed E-state index contributed by atoms with van der Waals surface area (Å²) < 4.78 is 34.3. The first-order valence-corrected chi connectivity index (χ1v) is 27.1. The van der Waals surface area contributed by atoms with Crippen molar-refractivity contribution in [3.63, 3.8) is 0 Å². The van der Waals surface area contributed by atoms with Gasteiger partial charge >= 0.3 is 19.8 Å². The Balaban J connectivity index is 4.20. The highest BCUT2D eigenvalue weighted by Crippen LogP contribution is 2.43. The number of quaternary nitrogens is 1. The summed E-state index contributed by atoms with van der Waals surface area (Å²) in [5.41, 5.74) is 0. The van der Waals surface area contributed by atoms with Crippen LogP contribution in [0.25, 0.3) is 0 Å². The molecule has 1 N–H and O–H groups in total. The van der Waals surface area contributed by atoms with Crippen LogP contribution in [0, 0.1) is 0 Å². The third-order valence-electron chi connectivity index (χ3n) is 10.3. The molecule has 0 saturated carbocycles. The van der Waals surface area contributed by atoms with Crippen LogP contribution in [0.4, 0.5) is 0 Å². The van der Waals surface area contributed by atoms with Crippen LogP contribution in [0.15, 0.2) is 109 Å². The molecule has 0 heterocycles. The molecule has 0 aliphatic carbocycles. The summed E-state index contributed by atoms with van der Waals surface area (Å²) in [6.45, 7) is 4.24. The minimum Gasteiger partial charge on any atom is -0.462 e. The molecule has 0 aromatic carbocycles. The lowest BCUT2D eigenvalue weighted by atomic mass is 10.1. The molecule has 0 bridgehead atoms. The summed E-state index contributed by atoms with van der Waals surface area (Å²) in [6, 6.07) is 0. The van der Waals surface area contributed by atoms with Crippen LogP contribution in [-0.4, -0.2) is 74.9 Å². The number of phosphoric ester groups is 1. The molecule has 376 valence electrons. The van der Waals surface area contributed by atoms with Crippen LogP contribution in [-0.2, 0) is 32.7 Å². The predicted molar refractivity (Wildman–Crippen MR) is 279 cm³/mol. The standard InChI is InChI=1S/C56H94NO8P/c1-6-8-10-12-14-16-17-18-19-20-21-22-23-24-25-26-27-28-29-30-31-32-33-34-35-36-37-38-39-41-43-45-47-49-56(59)65-54(53-64-66(60,61)63-51-50-57(3,4)5)52-62-55(58)48-46-44-42-40-15-13-11-9-7-2/h8,10,14,16,18-19,21-22,24-25,27-28,30-31,33-34,36-37,54H,6-7,9,11-13,15,17,20,23,26,29,32,35,38-53H2,1-5H3/p+1/b10-8-,16-14-,19-18-,22-21-,25-24-,28-27-,31-30-,34-33-,37-36-. The summed E-state index contributed by atoms with van der Waals surface area (Å²) in [7, 11) is 1.45. The minimum absolute atomic E-state index is 0.0227. The number of likely N-dealkylation sites (N-methyl/N-ethyl adjacent to an activating group) is 1. The number of nitrogens with zero attached hydrogens (tertiary/aromatic N) is 1. The van der Waals surface area contributed by atoms with Gasteiger partial charge in [0.05, 0.1) is 27.7 Å².